The van der Waals surface area contributed by atoms with Crippen LogP contribution in [0, 0.1) is 17.1 Å². The number of rotatable bonds is 5. The molecule has 0 aliphatic heterocycles. The summed E-state index contributed by atoms with van der Waals surface area (Å²) in [6, 6.07) is 5.32. The molecule has 0 spiro atoms. The molecule has 0 unspecified atom stereocenters. The number of esters is 1. The van der Waals surface area contributed by atoms with Crippen molar-refractivity contribution in [2.24, 2.45) is 0 Å². The summed E-state index contributed by atoms with van der Waals surface area (Å²) < 4.78 is 17.9. The molecule has 0 saturated carbocycles. The normalized spacial score (nSPS) is 9.47. The highest BCUT2D eigenvalue weighted by molar-refractivity contribution is 5.92. The van der Waals surface area contributed by atoms with E-state index in [-0.39, 0.29) is 24.2 Å². The fourth-order valence-corrected chi connectivity index (χ4v) is 1.22. The van der Waals surface area contributed by atoms with Crippen molar-refractivity contribution < 1.29 is 18.7 Å². The number of nitriles is 1. The topological polar surface area (TPSA) is 105 Å². The van der Waals surface area contributed by atoms with E-state index in [1.54, 1.807) is 0 Å². The average Bonchev–Trinajstić information content (AvgIpc) is 2.39. The highest BCUT2D eigenvalue weighted by Crippen LogP contribution is 2.13. The van der Waals surface area contributed by atoms with Crippen LogP contribution in [0.25, 0.3) is 0 Å². The number of benzene rings is 1. The summed E-state index contributed by atoms with van der Waals surface area (Å²) in [6.07, 6.45) is 0.156. The average molecular weight is 265 g/mol. The molecule has 0 atom stereocenters. The molecule has 19 heavy (non-hydrogen) atoms. The van der Waals surface area contributed by atoms with Gasteiger partial charge in [0.25, 0.3) is 5.91 Å². The first-order chi connectivity index (χ1) is 9.04. The zero-order chi connectivity index (χ0) is 14.3. The Labute approximate surface area is 109 Å². The quantitative estimate of drug-likeness (QED) is 0.460. The molecule has 3 N–H and O–H groups in total. The number of amides is 1. The molecule has 0 saturated heterocycles. The van der Waals surface area contributed by atoms with Gasteiger partial charge in [0.2, 0.25) is 0 Å². The van der Waals surface area contributed by atoms with Gasteiger partial charge in [-0.15, -0.1) is 0 Å². The molecule has 0 aliphatic rings. The molecule has 100 valence electrons. The Hall–Kier alpha value is -2.62. The van der Waals surface area contributed by atoms with Crippen molar-refractivity contribution in [1.82, 2.24) is 5.32 Å². The maximum Gasteiger partial charge on any atom is 0.341 e. The highest BCUT2D eigenvalue weighted by Gasteiger charge is 2.14. The van der Waals surface area contributed by atoms with Crippen LogP contribution in [0.5, 0.6) is 0 Å². The molecule has 1 rings (SSSR count). The number of hydrogen-bond donors (Lipinski definition) is 2. The Bertz CT molecular complexity index is 525. The summed E-state index contributed by atoms with van der Waals surface area (Å²) >= 11 is 0. The Kier molecular flexibility index (Phi) is 5.29. The van der Waals surface area contributed by atoms with Crippen molar-refractivity contribution in [1.29, 1.82) is 5.26 Å². The first-order valence-corrected chi connectivity index (χ1v) is 5.40. The van der Waals surface area contributed by atoms with Crippen LogP contribution >= 0.6 is 0 Å². The molecule has 1 amide bonds. The Balaban J connectivity index is 2.49. The van der Waals surface area contributed by atoms with E-state index in [9.17, 15) is 14.0 Å². The fraction of sp³-hybridized carbons (Fsp3) is 0.250. The minimum absolute atomic E-state index is 0.156. The number of ether oxygens (including phenoxy) is 1. The third-order valence-electron chi connectivity index (χ3n) is 2.10. The summed E-state index contributed by atoms with van der Waals surface area (Å²) in [5, 5.41) is 10.6. The predicted molar refractivity (Wildman–Crippen MR) is 64.3 cm³/mol. The zero-order valence-electron chi connectivity index (χ0n) is 9.98. The third kappa shape index (κ3) is 4.63. The zero-order valence-corrected chi connectivity index (χ0v) is 9.98. The van der Waals surface area contributed by atoms with Gasteiger partial charge < -0.3 is 15.8 Å². The van der Waals surface area contributed by atoms with Crippen LogP contribution in [0.2, 0.25) is 0 Å². The highest BCUT2D eigenvalue weighted by atomic mass is 19.1. The SMILES string of the molecule is N#CCCNC(=O)COC(=O)c1cc(N)ccc1F. The van der Waals surface area contributed by atoms with Gasteiger partial charge in [-0.25, -0.2) is 9.18 Å². The van der Waals surface area contributed by atoms with E-state index >= 15 is 0 Å². The predicted octanol–water partition coefficient (Wildman–Crippen LogP) is 0.595. The smallest absolute Gasteiger partial charge is 0.341 e. The van der Waals surface area contributed by atoms with Gasteiger partial charge in [0.05, 0.1) is 18.1 Å². The van der Waals surface area contributed by atoms with Crippen molar-refractivity contribution >= 4 is 17.6 Å². The summed E-state index contributed by atoms with van der Waals surface area (Å²) in [5.41, 5.74) is 5.30. The van der Waals surface area contributed by atoms with E-state index in [4.69, 9.17) is 11.0 Å². The first-order valence-electron chi connectivity index (χ1n) is 5.40. The number of anilines is 1. The molecule has 6 nitrogen and oxygen atoms in total. The number of carbonyl (C=O) groups excluding carboxylic acids is 2. The van der Waals surface area contributed by atoms with Gasteiger partial charge >= 0.3 is 5.97 Å². The second kappa shape index (κ2) is 6.96. The van der Waals surface area contributed by atoms with Crippen molar-refractivity contribution in [3.63, 3.8) is 0 Å². The van der Waals surface area contributed by atoms with E-state index in [0.717, 1.165) is 12.1 Å². The van der Waals surface area contributed by atoms with Gasteiger partial charge in [0.1, 0.15) is 5.82 Å². The van der Waals surface area contributed by atoms with Gasteiger partial charge in [0, 0.05) is 12.2 Å². The first kappa shape index (κ1) is 14.4. The second-order valence-corrected chi connectivity index (χ2v) is 3.57. The molecule has 0 bridgehead atoms. The summed E-state index contributed by atoms with van der Waals surface area (Å²) in [7, 11) is 0. The molecule has 0 heterocycles. The van der Waals surface area contributed by atoms with Crippen molar-refractivity contribution in [2.45, 2.75) is 6.42 Å². The molecule has 0 aliphatic carbocycles. The van der Waals surface area contributed by atoms with E-state index in [1.165, 1.54) is 6.07 Å². The minimum atomic E-state index is -0.972. The Morgan fingerprint density at radius 3 is 2.89 bits per heavy atom. The van der Waals surface area contributed by atoms with E-state index in [2.05, 4.69) is 10.1 Å². The molecular weight excluding hydrogens is 253 g/mol. The Morgan fingerprint density at radius 1 is 1.47 bits per heavy atom. The maximum absolute atomic E-state index is 13.3. The van der Waals surface area contributed by atoms with Crippen LogP contribution in [-0.2, 0) is 9.53 Å². The lowest BCUT2D eigenvalue weighted by Gasteiger charge is -2.06. The van der Waals surface area contributed by atoms with Gasteiger partial charge in [-0.05, 0) is 18.2 Å². The number of nitrogens with one attached hydrogen (secondary N) is 1. The monoisotopic (exact) mass is 265 g/mol. The number of nitrogen functional groups attached to an aromatic ring is 1. The molecule has 0 radical (unpaired) electrons. The van der Waals surface area contributed by atoms with E-state index in [0.29, 0.717) is 0 Å². The summed E-state index contributed by atoms with van der Waals surface area (Å²) in [6.45, 7) is -0.377. The number of hydrogen-bond acceptors (Lipinski definition) is 5. The lowest BCUT2D eigenvalue weighted by atomic mass is 10.2. The molecule has 0 fully saturated rings. The Morgan fingerprint density at radius 2 is 2.21 bits per heavy atom. The van der Waals surface area contributed by atoms with Gasteiger partial charge in [-0.2, -0.15) is 5.26 Å². The van der Waals surface area contributed by atoms with Gasteiger partial charge in [-0.1, -0.05) is 0 Å². The number of nitrogens with zero attached hydrogens (tertiary/aromatic N) is 1. The summed E-state index contributed by atoms with van der Waals surface area (Å²) in [5.74, 6) is -2.31. The van der Waals surface area contributed by atoms with Crippen LogP contribution in [0.3, 0.4) is 0 Å². The standard InChI is InChI=1S/C12H12FN3O3/c13-10-3-2-8(15)6-9(10)12(18)19-7-11(17)16-5-1-4-14/h2-3,6H,1,5,7,15H2,(H,16,17). The molecule has 1 aromatic rings. The van der Waals surface area contributed by atoms with Crippen molar-refractivity contribution in [2.75, 3.05) is 18.9 Å². The fourth-order valence-electron chi connectivity index (χ4n) is 1.22. The minimum Gasteiger partial charge on any atom is -0.452 e. The molecule has 7 heteroatoms. The molecule has 1 aromatic carbocycles. The third-order valence-corrected chi connectivity index (χ3v) is 2.10. The number of nitrogens with two attached hydrogens (primary N) is 1. The van der Waals surface area contributed by atoms with Crippen LogP contribution in [0.1, 0.15) is 16.8 Å². The van der Waals surface area contributed by atoms with Crippen molar-refractivity contribution in [3.8, 4) is 6.07 Å². The van der Waals surface area contributed by atoms with Gasteiger partial charge in [0.15, 0.2) is 6.61 Å². The molecule has 0 aromatic heterocycles. The van der Waals surface area contributed by atoms with Crippen LogP contribution in [-0.4, -0.2) is 25.0 Å². The summed E-state index contributed by atoms with van der Waals surface area (Å²) in [4.78, 5) is 22.7. The lowest BCUT2D eigenvalue weighted by Crippen LogP contribution is -2.29. The lowest BCUT2D eigenvalue weighted by molar-refractivity contribution is -0.124. The molecular formula is C12H12FN3O3. The number of carbonyl (C=O) groups is 2. The van der Waals surface area contributed by atoms with E-state index < -0.39 is 24.3 Å². The van der Waals surface area contributed by atoms with E-state index in [1.807, 2.05) is 6.07 Å². The number of halogens is 1. The van der Waals surface area contributed by atoms with Crippen LogP contribution in [0.15, 0.2) is 18.2 Å². The van der Waals surface area contributed by atoms with Crippen LogP contribution in [0.4, 0.5) is 10.1 Å². The van der Waals surface area contributed by atoms with Crippen molar-refractivity contribution in [3.05, 3.63) is 29.6 Å². The maximum atomic E-state index is 13.3. The largest absolute Gasteiger partial charge is 0.452 e. The van der Waals surface area contributed by atoms with Crippen LogP contribution < -0.4 is 11.1 Å². The second-order valence-electron chi connectivity index (χ2n) is 3.57. The van der Waals surface area contributed by atoms with Gasteiger partial charge in [-0.3, -0.25) is 4.79 Å².